The van der Waals surface area contributed by atoms with Crippen molar-refractivity contribution in [3.05, 3.63) is 23.6 Å². The van der Waals surface area contributed by atoms with E-state index in [2.05, 4.69) is 20.7 Å². The second-order valence-corrected chi connectivity index (χ2v) is 4.85. The van der Waals surface area contributed by atoms with Crippen LogP contribution in [0, 0.1) is 18.3 Å². The predicted molar refractivity (Wildman–Crippen MR) is 78.8 cm³/mol. The highest BCUT2D eigenvalue weighted by molar-refractivity contribution is 5.97. The molecular formula is C14H19N5O3. The molecule has 8 nitrogen and oxygen atoms in total. The molecule has 1 aliphatic rings. The topological polar surface area (TPSA) is 103 Å². The summed E-state index contributed by atoms with van der Waals surface area (Å²) in [7, 11) is 0. The molecule has 0 atom stereocenters. The number of hydrogen-bond donors (Lipinski definition) is 2. The molecule has 2 rings (SSSR count). The van der Waals surface area contributed by atoms with Crippen LogP contribution in [0.15, 0.2) is 22.4 Å². The molecule has 0 unspecified atom stereocenters. The first kappa shape index (κ1) is 16.0. The zero-order valence-electron chi connectivity index (χ0n) is 12.5. The lowest BCUT2D eigenvalue weighted by Gasteiger charge is -2.26. The van der Waals surface area contributed by atoms with Crippen molar-refractivity contribution < 1.29 is 14.1 Å². The second kappa shape index (κ2) is 8.17. The number of nitrogens with one attached hydrogen (secondary N) is 2. The third kappa shape index (κ3) is 4.87. The number of carbonyl (C=O) groups is 1. The van der Waals surface area contributed by atoms with Gasteiger partial charge < -0.3 is 19.9 Å². The number of aryl methyl sites for hydroxylation is 1. The van der Waals surface area contributed by atoms with E-state index in [0.29, 0.717) is 18.1 Å². The van der Waals surface area contributed by atoms with Crippen LogP contribution >= 0.6 is 0 Å². The standard InChI is InChI=1S/C14H19N5O3/c1-11-8-13(18-22-11)17-10-12(9-15)14(20)16-2-3-19-4-6-21-7-5-19/h8,10H,2-7H2,1H3,(H,16,20)(H,17,18)/b12-10-. The Morgan fingerprint density at radius 1 is 1.55 bits per heavy atom. The van der Waals surface area contributed by atoms with Crippen LogP contribution in [0.5, 0.6) is 0 Å². The highest BCUT2D eigenvalue weighted by Crippen LogP contribution is 2.07. The van der Waals surface area contributed by atoms with E-state index in [0.717, 1.165) is 32.8 Å². The fourth-order valence-corrected chi connectivity index (χ4v) is 1.98. The van der Waals surface area contributed by atoms with Crippen LogP contribution in [0.3, 0.4) is 0 Å². The van der Waals surface area contributed by atoms with E-state index < -0.39 is 5.91 Å². The van der Waals surface area contributed by atoms with Gasteiger partial charge in [0, 0.05) is 38.4 Å². The average Bonchev–Trinajstić information content (AvgIpc) is 2.94. The quantitative estimate of drug-likeness (QED) is 0.573. The Bertz CT molecular complexity index is 569. The largest absolute Gasteiger partial charge is 0.379 e. The molecule has 1 amide bonds. The van der Waals surface area contributed by atoms with Crippen molar-refractivity contribution in [2.24, 2.45) is 0 Å². The first-order chi connectivity index (χ1) is 10.7. The van der Waals surface area contributed by atoms with Gasteiger partial charge in [-0.05, 0) is 6.92 Å². The zero-order valence-corrected chi connectivity index (χ0v) is 12.5. The average molecular weight is 305 g/mol. The summed E-state index contributed by atoms with van der Waals surface area (Å²) in [5, 5.41) is 18.2. The van der Waals surface area contributed by atoms with Crippen molar-refractivity contribution in [1.82, 2.24) is 15.4 Å². The monoisotopic (exact) mass is 305 g/mol. The van der Waals surface area contributed by atoms with Gasteiger partial charge in [0.15, 0.2) is 5.82 Å². The summed E-state index contributed by atoms with van der Waals surface area (Å²) in [6.07, 6.45) is 1.32. The lowest BCUT2D eigenvalue weighted by atomic mass is 10.3. The summed E-state index contributed by atoms with van der Waals surface area (Å²) in [5.41, 5.74) is -0.0115. The van der Waals surface area contributed by atoms with Crippen LogP contribution in [0.25, 0.3) is 0 Å². The third-order valence-electron chi connectivity index (χ3n) is 3.17. The van der Waals surface area contributed by atoms with Crippen LogP contribution in [0.4, 0.5) is 5.82 Å². The molecule has 1 aromatic heterocycles. The molecule has 0 aromatic carbocycles. The first-order valence-corrected chi connectivity index (χ1v) is 7.07. The minimum absolute atomic E-state index is 0.0115. The summed E-state index contributed by atoms with van der Waals surface area (Å²) in [6.45, 7) is 6.15. The maximum absolute atomic E-state index is 11.9. The molecule has 8 heteroatoms. The number of aromatic nitrogens is 1. The number of carbonyl (C=O) groups excluding carboxylic acids is 1. The number of rotatable bonds is 6. The van der Waals surface area contributed by atoms with Crippen molar-refractivity contribution in [3.63, 3.8) is 0 Å². The van der Waals surface area contributed by atoms with Crippen LogP contribution in [-0.2, 0) is 9.53 Å². The summed E-state index contributed by atoms with van der Waals surface area (Å²) in [4.78, 5) is 14.1. The maximum Gasteiger partial charge on any atom is 0.263 e. The number of anilines is 1. The Balaban J connectivity index is 1.77. The van der Waals surface area contributed by atoms with Crippen molar-refractivity contribution in [3.8, 4) is 6.07 Å². The molecule has 1 saturated heterocycles. The molecule has 2 N–H and O–H groups in total. The van der Waals surface area contributed by atoms with Crippen LogP contribution in [0.1, 0.15) is 5.76 Å². The van der Waals surface area contributed by atoms with Gasteiger partial charge in [0.1, 0.15) is 17.4 Å². The lowest BCUT2D eigenvalue weighted by molar-refractivity contribution is -0.117. The van der Waals surface area contributed by atoms with Gasteiger partial charge in [0.05, 0.1) is 13.2 Å². The number of nitrogens with zero attached hydrogens (tertiary/aromatic N) is 3. The SMILES string of the molecule is Cc1cc(N/C=C(/C#N)C(=O)NCCN2CCOCC2)no1. The molecule has 0 bridgehead atoms. The highest BCUT2D eigenvalue weighted by atomic mass is 16.5. The molecule has 0 saturated carbocycles. The van der Waals surface area contributed by atoms with E-state index in [9.17, 15) is 4.79 Å². The van der Waals surface area contributed by atoms with E-state index >= 15 is 0 Å². The van der Waals surface area contributed by atoms with Gasteiger partial charge in [-0.25, -0.2) is 0 Å². The van der Waals surface area contributed by atoms with Crippen molar-refractivity contribution in [2.75, 3.05) is 44.7 Å². The summed E-state index contributed by atoms with van der Waals surface area (Å²) < 4.78 is 10.1. The minimum atomic E-state index is -0.413. The second-order valence-electron chi connectivity index (χ2n) is 4.85. The van der Waals surface area contributed by atoms with E-state index in [-0.39, 0.29) is 5.57 Å². The van der Waals surface area contributed by atoms with Crippen LogP contribution < -0.4 is 10.6 Å². The van der Waals surface area contributed by atoms with Crippen molar-refractivity contribution >= 4 is 11.7 Å². The molecule has 0 radical (unpaired) electrons. The minimum Gasteiger partial charge on any atom is -0.379 e. The lowest BCUT2D eigenvalue weighted by Crippen LogP contribution is -2.41. The molecular weight excluding hydrogens is 286 g/mol. The van der Waals surface area contributed by atoms with Crippen LogP contribution in [-0.4, -0.2) is 55.4 Å². The van der Waals surface area contributed by atoms with E-state index in [1.807, 2.05) is 6.07 Å². The first-order valence-electron chi connectivity index (χ1n) is 7.07. The smallest absolute Gasteiger partial charge is 0.263 e. The molecule has 0 aliphatic carbocycles. The molecule has 0 spiro atoms. The molecule has 2 heterocycles. The Kier molecular flexibility index (Phi) is 5.94. The molecule has 1 fully saturated rings. The maximum atomic E-state index is 11.9. The number of hydrogen-bond acceptors (Lipinski definition) is 7. The van der Waals surface area contributed by atoms with Crippen molar-refractivity contribution in [2.45, 2.75) is 6.92 Å². The fraction of sp³-hybridized carbons (Fsp3) is 0.500. The number of nitriles is 1. The van der Waals surface area contributed by atoms with Gasteiger partial charge in [0.25, 0.3) is 5.91 Å². The van der Waals surface area contributed by atoms with E-state index in [1.54, 1.807) is 13.0 Å². The summed E-state index contributed by atoms with van der Waals surface area (Å²) in [6, 6.07) is 3.53. The van der Waals surface area contributed by atoms with Gasteiger partial charge in [0.2, 0.25) is 0 Å². The Morgan fingerprint density at radius 3 is 2.95 bits per heavy atom. The van der Waals surface area contributed by atoms with Gasteiger partial charge in [-0.2, -0.15) is 5.26 Å². The fourth-order valence-electron chi connectivity index (χ4n) is 1.98. The Hall–Kier alpha value is -2.37. The Morgan fingerprint density at radius 2 is 2.32 bits per heavy atom. The molecule has 118 valence electrons. The van der Waals surface area contributed by atoms with Crippen molar-refractivity contribution in [1.29, 1.82) is 5.26 Å². The molecule has 22 heavy (non-hydrogen) atoms. The molecule has 1 aromatic rings. The van der Waals surface area contributed by atoms with E-state index in [1.165, 1.54) is 6.20 Å². The van der Waals surface area contributed by atoms with Gasteiger partial charge in [-0.15, -0.1) is 0 Å². The van der Waals surface area contributed by atoms with Gasteiger partial charge >= 0.3 is 0 Å². The summed E-state index contributed by atoms with van der Waals surface area (Å²) in [5.74, 6) is 0.680. The Labute approximate surface area is 128 Å². The van der Waals surface area contributed by atoms with Crippen LogP contribution in [0.2, 0.25) is 0 Å². The molecule has 1 aliphatic heterocycles. The zero-order chi connectivity index (χ0) is 15.8. The highest BCUT2D eigenvalue weighted by Gasteiger charge is 2.12. The number of amides is 1. The predicted octanol–water partition coefficient (Wildman–Crippen LogP) is 0.251. The van der Waals surface area contributed by atoms with Gasteiger partial charge in [-0.3, -0.25) is 9.69 Å². The third-order valence-corrected chi connectivity index (χ3v) is 3.17. The van der Waals surface area contributed by atoms with Gasteiger partial charge in [-0.1, -0.05) is 5.16 Å². The number of ether oxygens (including phenoxy) is 1. The summed E-state index contributed by atoms with van der Waals surface area (Å²) >= 11 is 0. The normalized spacial score (nSPS) is 16.1. The van der Waals surface area contributed by atoms with E-state index in [4.69, 9.17) is 14.5 Å². The number of morpholine rings is 1.